The van der Waals surface area contributed by atoms with Gasteiger partial charge < -0.3 is 5.32 Å². The molecule has 0 amide bonds. The largest absolute Gasteiger partial charge is 0.356 e. The zero-order chi connectivity index (χ0) is 14.0. The van der Waals surface area contributed by atoms with Crippen LogP contribution in [0.4, 0.5) is 0 Å². The second kappa shape index (κ2) is 5.01. The Kier molecular flexibility index (Phi) is 3.41. The summed E-state index contributed by atoms with van der Waals surface area (Å²) >= 11 is 0. The van der Waals surface area contributed by atoms with E-state index < -0.39 is 0 Å². The Morgan fingerprint density at radius 1 is 1.21 bits per heavy atom. The number of rotatable bonds is 0. The zero-order valence-electron chi connectivity index (χ0n) is 11.0. The molecular weight excluding hydrogens is 236 g/mol. The minimum Gasteiger partial charge on any atom is -0.356 e. The van der Waals surface area contributed by atoms with Crippen molar-refractivity contribution >= 4 is 0 Å². The molecule has 19 heavy (non-hydrogen) atoms. The van der Waals surface area contributed by atoms with Crippen molar-refractivity contribution in [2.24, 2.45) is 5.92 Å². The Hall–Kier alpha value is -2.51. The molecule has 0 unspecified atom stereocenters. The quantitative estimate of drug-likeness (QED) is 0.670. The van der Waals surface area contributed by atoms with Gasteiger partial charge in [-0.05, 0) is 43.3 Å². The van der Waals surface area contributed by atoms with Crippen molar-refractivity contribution < 1.29 is 0 Å². The van der Waals surface area contributed by atoms with E-state index in [-0.39, 0.29) is 5.57 Å². The number of hydrogen-bond donors (Lipinski definition) is 1. The summed E-state index contributed by atoms with van der Waals surface area (Å²) in [6.45, 7) is 4.10. The first-order valence-electron chi connectivity index (χ1n) is 6.27. The fourth-order valence-electron chi connectivity index (χ4n) is 2.71. The van der Waals surface area contributed by atoms with Crippen LogP contribution in [-0.4, -0.2) is 0 Å². The first kappa shape index (κ1) is 12.9. The predicted octanol–water partition coefficient (Wildman–Crippen LogP) is 2.81. The fourth-order valence-corrected chi connectivity index (χ4v) is 2.71. The minimum absolute atomic E-state index is 0.0272. The third-order valence-electron chi connectivity index (χ3n) is 3.71. The van der Waals surface area contributed by atoms with Gasteiger partial charge >= 0.3 is 0 Å². The highest BCUT2D eigenvalue weighted by Gasteiger charge is 2.29. The van der Waals surface area contributed by atoms with Crippen LogP contribution in [0.15, 0.2) is 33.7 Å². The first-order valence-corrected chi connectivity index (χ1v) is 6.27. The van der Waals surface area contributed by atoms with E-state index in [2.05, 4.69) is 18.3 Å². The Morgan fingerprint density at radius 3 is 2.47 bits per heavy atom. The van der Waals surface area contributed by atoms with E-state index in [0.29, 0.717) is 17.2 Å². The zero-order valence-corrected chi connectivity index (χ0v) is 11.0. The monoisotopic (exact) mass is 250 g/mol. The molecule has 1 atom stereocenters. The van der Waals surface area contributed by atoms with Gasteiger partial charge in [-0.1, -0.05) is 6.92 Å². The molecular formula is C15H14N4. The number of dihydropyridines is 1. The van der Waals surface area contributed by atoms with Crippen molar-refractivity contribution in [2.45, 2.75) is 33.1 Å². The second-order valence-corrected chi connectivity index (χ2v) is 5.02. The van der Waals surface area contributed by atoms with Crippen molar-refractivity contribution in [1.29, 1.82) is 15.8 Å². The lowest BCUT2D eigenvalue weighted by molar-refractivity contribution is 0.489. The van der Waals surface area contributed by atoms with Gasteiger partial charge in [-0.15, -0.1) is 0 Å². The molecule has 0 spiro atoms. The number of nitrogens with zero attached hydrogens (tertiary/aromatic N) is 3. The summed E-state index contributed by atoms with van der Waals surface area (Å²) in [5.74, 6) is 0.530. The molecule has 0 radical (unpaired) electrons. The predicted molar refractivity (Wildman–Crippen MR) is 69.7 cm³/mol. The van der Waals surface area contributed by atoms with Gasteiger partial charge in [-0.25, -0.2) is 0 Å². The summed E-state index contributed by atoms with van der Waals surface area (Å²) in [6.07, 6.45) is 2.89. The van der Waals surface area contributed by atoms with Crippen molar-refractivity contribution in [3.05, 3.63) is 33.7 Å². The van der Waals surface area contributed by atoms with Crippen LogP contribution >= 0.6 is 0 Å². The number of nitrogens with one attached hydrogen (secondary N) is 1. The molecule has 1 fully saturated rings. The second-order valence-electron chi connectivity index (χ2n) is 5.02. The van der Waals surface area contributed by atoms with E-state index in [4.69, 9.17) is 10.5 Å². The van der Waals surface area contributed by atoms with Gasteiger partial charge in [0, 0.05) is 5.70 Å². The Bertz CT molecular complexity index is 625. The molecule has 1 saturated carbocycles. The molecule has 0 aromatic heterocycles. The number of allylic oxidation sites excluding steroid dienone is 5. The molecule has 0 saturated heterocycles. The summed E-state index contributed by atoms with van der Waals surface area (Å²) in [7, 11) is 0. The van der Waals surface area contributed by atoms with Crippen molar-refractivity contribution in [3.63, 3.8) is 0 Å². The summed E-state index contributed by atoms with van der Waals surface area (Å²) in [5, 5.41) is 30.5. The Balaban J connectivity index is 2.67. The van der Waals surface area contributed by atoms with Crippen molar-refractivity contribution in [1.82, 2.24) is 5.32 Å². The number of nitriles is 3. The third-order valence-corrected chi connectivity index (χ3v) is 3.71. The maximum atomic E-state index is 9.39. The van der Waals surface area contributed by atoms with Gasteiger partial charge in [0.25, 0.3) is 0 Å². The van der Waals surface area contributed by atoms with E-state index in [1.54, 1.807) is 0 Å². The average molecular weight is 250 g/mol. The van der Waals surface area contributed by atoms with Crippen LogP contribution in [0.5, 0.6) is 0 Å². The lowest BCUT2D eigenvalue weighted by Gasteiger charge is -2.31. The van der Waals surface area contributed by atoms with Crippen LogP contribution in [0.25, 0.3) is 0 Å². The molecule has 0 bridgehead atoms. The van der Waals surface area contributed by atoms with Gasteiger partial charge in [0.2, 0.25) is 0 Å². The van der Waals surface area contributed by atoms with Gasteiger partial charge in [-0.3, -0.25) is 0 Å². The van der Waals surface area contributed by atoms with Crippen LogP contribution in [0.2, 0.25) is 0 Å². The third kappa shape index (κ3) is 2.12. The van der Waals surface area contributed by atoms with E-state index in [0.717, 1.165) is 30.5 Å². The smallest absolute Gasteiger partial charge is 0.154 e. The molecule has 4 heteroatoms. The maximum absolute atomic E-state index is 9.39. The van der Waals surface area contributed by atoms with Crippen LogP contribution < -0.4 is 5.32 Å². The number of fused-ring (bicyclic) bond motifs is 1. The van der Waals surface area contributed by atoms with E-state index in [1.807, 2.05) is 19.1 Å². The molecule has 2 rings (SSSR count). The van der Waals surface area contributed by atoms with Gasteiger partial charge in [-0.2, -0.15) is 15.8 Å². The highest BCUT2D eigenvalue weighted by atomic mass is 14.9. The Morgan fingerprint density at radius 2 is 1.89 bits per heavy atom. The van der Waals surface area contributed by atoms with Gasteiger partial charge in [0.05, 0.1) is 11.3 Å². The van der Waals surface area contributed by atoms with E-state index >= 15 is 0 Å². The SMILES string of the molecule is CC1=C2CC[C@@H](C)CC2=C(C#N)C(=C(C#N)C#N)N1. The normalized spacial score (nSPS) is 21.8. The average Bonchev–Trinajstić information content (AvgIpc) is 2.40. The summed E-state index contributed by atoms with van der Waals surface area (Å²) in [6, 6.07) is 5.89. The van der Waals surface area contributed by atoms with Crippen molar-refractivity contribution in [3.8, 4) is 18.2 Å². The minimum atomic E-state index is -0.0272. The summed E-state index contributed by atoms with van der Waals surface area (Å²) in [4.78, 5) is 0. The van der Waals surface area contributed by atoms with Crippen LogP contribution in [0.1, 0.15) is 33.1 Å². The molecule has 1 aliphatic carbocycles. The highest BCUT2D eigenvalue weighted by molar-refractivity contribution is 5.62. The molecule has 1 N–H and O–H groups in total. The summed E-state index contributed by atoms with van der Waals surface area (Å²) < 4.78 is 0. The van der Waals surface area contributed by atoms with Crippen LogP contribution in [0.3, 0.4) is 0 Å². The maximum Gasteiger partial charge on any atom is 0.154 e. The van der Waals surface area contributed by atoms with Crippen molar-refractivity contribution in [2.75, 3.05) is 0 Å². The molecule has 1 aliphatic heterocycles. The lowest BCUT2D eigenvalue weighted by Crippen LogP contribution is -2.25. The Labute approximate surface area is 112 Å². The molecule has 0 aromatic rings. The highest BCUT2D eigenvalue weighted by Crippen LogP contribution is 2.40. The molecule has 2 aliphatic rings. The fraction of sp³-hybridized carbons (Fsp3) is 0.400. The van der Waals surface area contributed by atoms with E-state index in [1.165, 1.54) is 5.57 Å². The van der Waals surface area contributed by atoms with Crippen LogP contribution in [0, 0.1) is 39.9 Å². The molecule has 4 nitrogen and oxygen atoms in total. The van der Waals surface area contributed by atoms with E-state index in [9.17, 15) is 5.26 Å². The first-order chi connectivity index (χ1) is 9.12. The molecule has 1 heterocycles. The number of hydrogen-bond acceptors (Lipinski definition) is 4. The lowest BCUT2D eigenvalue weighted by atomic mass is 9.77. The summed E-state index contributed by atoms with van der Waals surface area (Å²) in [5.41, 5.74) is 3.95. The molecule has 0 aromatic carbocycles. The topological polar surface area (TPSA) is 83.4 Å². The van der Waals surface area contributed by atoms with Crippen LogP contribution in [-0.2, 0) is 0 Å². The van der Waals surface area contributed by atoms with Gasteiger partial charge in [0.15, 0.2) is 5.57 Å². The standard InChI is InChI=1S/C15H14N4/c1-9-3-4-12-10(2)19-15(11(6-16)7-17)14(8-18)13(12)5-9/h9,19H,3-5H2,1-2H3/t9-/m1/s1. The van der Waals surface area contributed by atoms with Gasteiger partial charge in [0.1, 0.15) is 18.2 Å². The molecule has 94 valence electrons.